The number of amides is 2. The minimum absolute atomic E-state index is 0.136. The van der Waals surface area contributed by atoms with Crippen molar-refractivity contribution in [3.8, 4) is 0 Å². The van der Waals surface area contributed by atoms with Gasteiger partial charge in [-0.2, -0.15) is 0 Å². The van der Waals surface area contributed by atoms with Crippen LogP contribution in [0.4, 0.5) is 10.5 Å². The molecule has 0 spiro atoms. The third-order valence-corrected chi connectivity index (χ3v) is 4.23. The molecule has 7 heteroatoms. The van der Waals surface area contributed by atoms with Crippen molar-refractivity contribution >= 4 is 39.0 Å². The van der Waals surface area contributed by atoms with Crippen molar-refractivity contribution in [3.05, 3.63) is 39.5 Å². The number of anilines is 1. The Kier molecular flexibility index (Phi) is 4.86. The van der Waals surface area contributed by atoms with Gasteiger partial charge in [-0.05, 0) is 15.9 Å². The highest BCUT2D eigenvalue weighted by atomic mass is 79.9. The van der Waals surface area contributed by atoms with Crippen molar-refractivity contribution in [2.24, 2.45) is 0 Å². The number of urea groups is 1. The van der Waals surface area contributed by atoms with E-state index in [1.54, 1.807) is 30.5 Å². The maximum atomic E-state index is 11.9. The average molecular weight is 341 g/mol. The van der Waals surface area contributed by atoms with E-state index < -0.39 is 0 Å². The van der Waals surface area contributed by atoms with Crippen molar-refractivity contribution in [1.82, 2.24) is 14.9 Å². The lowest BCUT2D eigenvalue weighted by Gasteiger charge is -2.17. The fourth-order valence-electron chi connectivity index (χ4n) is 1.42. The Morgan fingerprint density at radius 1 is 1.47 bits per heavy atom. The standard InChI is InChI=1S/C12H13BrN4OS/c1-17(5-2-9-6-14-3-4-15-9)12(18)16-11-8-19-7-10(11)13/h3-4,6-8H,2,5H2,1H3,(H,16,18). The fourth-order valence-corrected chi connectivity index (χ4v) is 2.75. The van der Waals surface area contributed by atoms with E-state index in [-0.39, 0.29) is 6.03 Å². The van der Waals surface area contributed by atoms with Crippen LogP contribution in [-0.2, 0) is 6.42 Å². The van der Waals surface area contributed by atoms with Crippen LogP contribution in [0.3, 0.4) is 0 Å². The van der Waals surface area contributed by atoms with Gasteiger partial charge in [-0.1, -0.05) is 0 Å². The predicted octanol–water partition coefficient (Wildman–Crippen LogP) is 3.01. The number of hydrogen-bond donors (Lipinski definition) is 1. The topological polar surface area (TPSA) is 58.1 Å². The molecular formula is C12H13BrN4OS. The normalized spacial score (nSPS) is 10.2. The van der Waals surface area contributed by atoms with Gasteiger partial charge >= 0.3 is 6.03 Å². The summed E-state index contributed by atoms with van der Waals surface area (Å²) in [6.07, 6.45) is 5.68. The molecule has 0 saturated heterocycles. The molecule has 2 amide bonds. The summed E-state index contributed by atoms with van der Waals surface area (Å²) in [7, 11) is 1.76. The van der Waals surface area contributed by atoms with Crippen LogP contribution in [0.5, 0.6) is 0 Å². The minimum Gasteiger partial charge on any atom is -0.327 e. The number of hydrogen-bond acceptors (Lipinski definition) is 4. The summed E-state index contributed by atoms with van der Waals surface area (Å²) >= 11 is 4.91. The second-order valence-corrected chi connectivity index (χ2v) is 5.53. The lowest BCUT2D eigenvalue weighted by atomic mass is 10.3. The molecule has 0 aliphatic heterocycles. The molecule has 5 nitrogen and oxygen atoms in total. The van der Waals surface area contributed by atoms with E-state index in [1.807, 2.05) is 10.8 Å². The van der Waals surface area contributed by atoms with Crippen LogP contribution in [0.2, 0.25) is 0 Å². The first-order chi connectivity index (χ1) is 9.16. The Hall–Kier alpha value is -1.47. The van der Waals surface area contributed by atoms with Gasteiger partial charge < -0.3 is 10.2 Å². The van der Waals surface area contributed by atoms with Gasteiger partial charge in [0.15, 0.2) is 0 Å². The lowest BCUT2D eigenvalue weighted by molar-refractivity contribution is 0.223. The van der Waals surface area contributed by atoms with Gasteiger partial charge in [-0.3, -0.25) is 9.97 Å². The number of likely N-dealkylation sites (N-methyl/N-ethyl adjacent to an activating group) is 1. The number of carbonyl (C=O) groups is 1. The Balaban J connectivity index is 1.84. The Morgan fingerprint density at radius 2 is 2.32 bits per heavy atom. The van der Waals surface area contributed by atoms with Crippen molar-refractivity contribution in [3.63, 3.8) is 0 Å². The monoisotopic (exact) mass is 340 g/mol. The first kappa shape index (κ1) is 14.0. The molecule has 0 bridgehead atoms. The van der Waals surface area contributed by atoms with Crippen molar-refractivity contribution < 1.29 is 4.79 Å². The predicted molar refractivity (Wildman–Crippen MR) is 79.4 cm³/mol. The van der Waals surface area contributed by atoms with E-state index >= 15 is 0 Å². The number of thiophene rings is 1. The SMILES string of the molecule is CN(CCc1cnccn1)C(=O)Nc1cscc1Br. The molecule has 0 fully saturated rings. The van der Waals surface area contributed by atoms with Crippen LogP contribution >= 0.6 is 27.3 Å². The van der Waals surface area contributed by atoms with Crippen molar-refractivity contribution in [2.75, 3.05) is 18.9 Å². The Morgan fingerprint density at radius 3 is 2.95 bits per heavy atom. The highest BCUT2D eigenvalue weighted by Gasteiger charge is 2.11. The third kappa shape index (κ3) is 4.00. The van der Waals surface area contributed by atoms with Gasteiger partial charge in [-0.25, -0.2) is 4.79 Å². The molecule has 0 aromatic carbocycles. The number of halogens is 1. The second kappa shape index (κ2) is 6.63. The molecule has 0 unspecified atom stereocenters. The van der Waals surface area contributed by atoms with Crippen molar-refractivity contribution in [2.45, 2.75) is 6.42 Å². The first-order valence-electron chi connectivity index (χ1n) is 5.65. The quantitative estimate of drug-likeness (QED) is 0.930. The zero-order chi connectivity index (χ0) is 13.7. The van der Waals surface area contributed by atoms with Crippen LogP contribution in [0, 0.1) is 0 Å². The van der Waals surface area contributed by atoms with Gasteiger partial charge in [0, 0.05) is 49.4 Å². The number of aromatic nitrogens is 2. The smallest absolute Gasteiger partial charge is 0.321 e. The molecule has 2 aromatic heterocycles. The summed E-state index contributed by atoms with van der Waals surface area (Å²) in [6.45, 7) is 0.590. The Labute approximate surface area is 123 Å². The highest BCUT2D eigenvalue weighted by molar-refractivity contribution is 9.10. The number of nitrogens with zero attached hydrogens (tertiary/aromatic N) is 3. The van der Waals surface area contributed by atoms with Crippen molar-refractivity contribution in [1.29, 1.82) is 0 Å². The molecule has 0 aliphatic rings. The van der Waals surface area contributed by atoms with Gasteiger partial charge in [0.2, 0.25) is 0 Å². The van der Waals surface area contributed by atoms with Crippen LogP contribution in [-0.4, -0.2) is 34.5 Å². The molecule has 2 aromatic rings. The average Bonchev–Trinajstić information content (AvgIpc) is 2.82. The summed E-state index contributed by atoms with van der Waals surface area (Å²) in [6, 6.07) is -0.136. The largest absolute Gasteiger partial charge is 0.327 e. The van der Waals surface area contributed by atoms with Gasteiger partial charge in [0.25, 0.3) is 0 Å². The fraction of sp³-hybridized carbons (Fsp3) is 0.250. The zero-order valence-corrected chi connectivity index (χ0v) is 12.7. The van der Waals surface area contributed by atoms with E-state index in [4.69, 9.17) is 0 Å². The second-order valence-electron chi connectivity index (χ2n) is 3.93. The lowest BCUT2D eigenvalue weighted by Crippen LogP contribution is -2.33. The summed E-state index contributed by atoms with van der Waals surface area (Å²) < 4.78 is 0.896. The molecule has 100 valence electrons. The summed E-state index contributed by atoms with van der Waals surface area (Å²) in [5.74, 6) is 0. The van der Waals surface area contributed by atoms with Gasteiger partial charge in [0.05, 0.1) is 15.9 Å². The van der Waals surface area contributed by atoms with Gasteiger partial charge in [-0.15, -0.1) is 11.3 Å². The number of carbonyl (C=O) groups excluding carboxylic acids is 1. The maximum absolute atomic E-state index is 11.9. The first-order valence-corrected chi connectivity index (χ1v) is 7.39. The summed E-state index contributed by atoms with van der Waals surface area (Å²) in [4.78, 5) is 21.7. The molecule has 1 N–H and O–H groups in total. The Bertz CT molecular complexity index is 546. The number of nitrogens with one attached hydrogen (secondary N) is 1. The third-order valence-electron chi connectivity index (χ3n) is 2.52. The van der Waals surface area contributed by atoms with E-state index in [0.717, 1.165) is 15.9 Å². The van der Waals surface area contributed by atoms with Crippen LogP contribution in [0.1, 0.15) is 5.69 Å². The summed E-state index contributed by atoms with van der Waals surface area (Å²) in [5.41, 5.74) is 1.67. The molecular weight excluding hydrogens is 328 g/mol. The molecule has 0 radical (unpaired) electrons. The van der Waals surface area contributed by atoms with Crippen LogP contribution < -0.4 is 5.32 Å². The molecule has 0 aliphatic carbocycles. The van der Waals surface area contributed by atoms with Crippen LogP contribution in [0.25, 0.3) is 0 Å². The summed E-state index contributed by atoms with van der Waals surface area (Å²) in [5, 5.41) is 6.65. The molecule has 2 rings (SSSR count). The van der Waals surface area contributed by atoms with E-state index in [0.29, 0.717) is 13.0 Å². The van der Waals surface area contributed by atoms with E-state index in [9.17, 15) is 4.79 Å². The molecule has 0 saturated carbocycles. The van der Waals surface area contributed by atoms with E-state index in [2.05, 4.69) is 31.2 Å². The molecule has 2 heterocycles. The zero-order valence-electron chi connectivity index (χ0n) is 10.3. The van der Waals surface area contributed by atoms with E-state index in [1.165, 1.54) is 11.3 Å². The van der Waals surface area contributed by atoms with Crippen LogP contribution in [0.15, 0.2) is 33.8 Å². The number of rotatable bonds is 4. The molecule has 19 heavy (non-hydrogen) atoms. The highest BCUT2D eigenvalue weighted by Crippen LogP contribution is 2.26. The van der Waals surface area contributed by atoms with Gasteiger partial charge in [0.1, 0.15) is 0 Å². The maximum Gasteiger partial charge on any atom is 0.321 e. The molecule has 0 atom stereocenters. The minimum atomic E-state index is -0.136.